The molecule has 84 valence electrons. The molecule has 3 nitrogen and oxygen atoms in total. The number of nitrogens with two attached hydrogens (primary N) is 1. The Morgan fingerprint density at radius 1 is 1.44 bits per heavy atom. The van der Waals surface area contributed by atoms with Gasteiger partial charge in [-0.05, 0) is 25.1 Å². The van der Waals surface area contributed by atoms with E-state index < -0.39 is 0 Å². The van der Waals surface area contributed by atoms with Gasteiger partial charge in [-0.1, -0.05) is 38.9 Å². The second-order valence-corrected chi connectivity index (χ2v) is 5.66. The number of benzene rings is 1. The van der Waals surface area contributed by atoms with Crippen LogP contribution in [0.15, 0.2) is 22.7 Å². The van der Waals surface area contributed by atoms with Crippen LogP contribution in [-0.2, 0) is 0 Å². The Balaban J connectivity index is 2.46. The molecular formula is C10H9BrClN3S. The third kappa shape index (κ3) is 2.43. The van der Waals surface area contributed by atoms with E-state index in [-0.39, 0.29) is 6.04 Å². The molecule has 2 rings (SSSR count). The zero-order chi connectivity index (χ0) is 11.7. The summed E-state index contributed by atoms with van der Waals surface area (Å²) in [5, 5.41) is 10.5. The normalized spacial score (nSPS) is 12.8. The van der Waals surface area contributed by atoms with Gasteiger partial charge in [-0.15, -0.1) is 10.2 Å². The van der Waals surface area contributed by atoms with E-state index in [1.165, 1.54) is 11.3 Å². The first-order valence-corrected chi connectivity index (χ1v) is 6.61. The molecule has 1 unspecified atom stereocenters. The van der Waals surface area contributed by atoms with Gasteiger partial charge in [0.15, 0.2) is 0 Å². The fourth-order valence-corrected chi connectivity index (χ4v) is 2.75. The van der Waals surface area contributed by atoms with E-state index in [0.717, 1.165) is 20.1 Å². The zero-order valence-corrected chi connectivity index (χ0v) is 11.6. The smallest absolute Gasteiger partial charge is 0.149 e. The Morgan fingerprint density at radius 3 is 2.81 bits per heavy atom. The van der Waals surface area contributed by atoms with Crippen molar-refractivity contribution in [1.82, 2.24) is 10.2 Å². The monoisotopic (exact) mass is 317 g/mol. The van der Waals surface area contributed by atoms with Crippen molar-refractivity contribution < 1.29 is 0 Å². The molecule has 6 heteroatoms. The van der Waals surface area contributed by atoms with Gasteiger partial charge in [-0.3, -0.25) is 0 Å². The van der Waals surface area contributed by atoms with Crippen molar-refractivity contribution in [2.75, 3.05) is 0 Å². The first-order chi connectivity index (χ1) is 7.58. The standard InChI is InChI=1S/C10H9BrClN3S/c1-5(13)9-14-15-10(16-9)7-4-6(12)2-3-8(7)11/h2-5H,13H2,1H3. The summed E-state index contributed by atoms with van der Waals surface area (Å²) in [6.07, 6.45) is 0. The summed E-state index contributed by atoms with van der Waals surface area (Å²) in [5.41, 5.74) is 6.68. The third-order valence-corrected chi connectivity index (χ3v) is 4.07. The van der Waals surface area contributed by atoms with Gasteiger partial charge in [0.25, 0.3) is 0 Å². The highest BCUT2D eigenvalue weighted by atomic mass is 79.9. The third-order valence-electron chi connectivity index (χ3n) is 1.99. The minimum atomic E-state index is -0.0933. The highest BCUT2D eigenvalue weighted by molar-refractivity contribution is 9.10. The number of hydrogen-bond acceptors (Lipinski definition) is 4. The minimum Gasteiger partial charge on any atom is -0.322 e. The van der Waals surface area contributed by atoms with Crippen molar-refractivity contribution in [3.8, 4) is 10.6 Å². The molecule has 16 heavy (non-hydrogen) atoms. The van der Waals surface area contributed by atoms with E-state index in [0.29, 0.717) is 5.02 Å². The van der Waals surface area contributed by atoms with Crippen LogP contribution >= 0.6 is 38.9 Å². The fourth-order valence-electron chi connectivity index (χ4n) is 1.19. The zero-order valence-electron chi connectivity index (χ0n) is 8.45. The second-order valence-electron chi connectivity index (χ2n) is 3.36. The molecule has 1 heterocycles. The van der Waals surface area contributed by atoms with Crippen LogP contribution in [0.3, 0.4) is 0 Å². The lowest BCUT2D eigenvalue weighted by atomic mass is 10.2. The predicted octanol–water partition coefficient (Wildman–Crippen LogP) is 3.64. The fraction of sp³-hybridized carbons (Fsp3) is 0.200. The van der Waals surface area contributed by atoms with Crippen LogP contribution in [0.1, 0.15) is 18.0 Å². The Bertz CT molecular complexity index is 513. The van der Waals surface area contributed by atoms with Gasteiger partial charge in [0.2, 0.25) is 0 Å². The second kappa shape index (κ2) is 4.79. The summed E-state index contributed by atoms with van der Waals surface area (Å²) in [5.74, 6) is 0. The molecule has 0 amide bonds. The van der Waals surface area contributed by atoms with Crippen molar-refractivity contribution >= 4 is 38.9 Å². The van der Waals surface area contributed by atoms with Crippen molar-refractivity contribution in [2.45, 2.75) is 13.0 Å². The van der Waals surface area contributed by atoms with E-state index in [4.69, 9.17) is 17.3 Å². The van der Waals surface area contributed by atoms with Gasteiger partial charge < -0.3 is 5.73 Å². The van der Waals surface area contributed by atoms with Crippen molar-refractivity contribution in [1.29, 1.82) is 0 Å². The molecule has 0 spiro atoms. The number of aromatic nitrogens is 2. The topological polar surface area (TPSA) is 51.8 Å². The summed E-state index contributed by atoms with van der Waals surface area (Å²) in [7, 11) is 0. The molecule has 2 N–H and O–H groups in total. The molecule has 2 aromatic rings. The average Bonchev–Trinajstić information content (AvgIpc) is 2.70. The van der Waals surface area contributed by atoms with E-state index in [1.54, 1.807) is 0 Å². The van der Waals surface area contributed by atoms with Gasteiger partial charge in [-0.2, -0.15) is 0 Å². The maximum Gasteiger partial charge on any atom is 0.149 e. The highest BCUT2D eigenvalue weighted by Crippen LogP contribution is 2.33. The Morgan fingerprint density at radius 2 is 2.19 bits per heavy atom. The summed E-state index contributed by atoms with van der Waals surface area (Å²) >= 11 is 10.9. The maximum atomic E-state index is 5.95. The van der Waals surface area contributed by atoms with Gasteiger partial charge >= 0.3 is 0 Å². The molecule has 0 fully saturated rings. The van der Waals surface area contributed by atoms with Crippen LogP contribution in [0.25, 0.3) is 10.6 Å². The molecule has 0 saturated heterocycles. The summed E-state index contributed by atoms with van der Waals surface area (Å²) in [6, 6.07) is 5.48. The van der Waals surface area contributed by atoms with Crippen LogP contribution < -0.4 is 5.73 Å². The predicted molar refractivity (Wildman–Crippen MR) is 70.7 cm³/mol. The Labute approximate surface area is 111 Å². The number of halogens is 2. The molecule has 1 aromatic carbocycles. The molecule has 0 aliphatic heterocycles. The van der Waals surface area contributed by atoms with Crippen LogP contribution in [0, 0.1) is 0 Å². The molecule has 0 aliphatic rings. The number of rotatable bonds is 2. The average molecular weight is 319 g/mol. The maximum absolute atomic E-state index is 5.95. The van der Waals surface area contributed by atoms with Gasteiger partial charge in [0, 0.05) is 15.1 Å². The lowest BCUT2D eigenvalue weighted by Crippen LogP contribution is -2.03. The van der Waals surface area contributed by atoms with E-state index in [9.17, 15) is 0 Å². The lowest BCUT2D eigenvalue weighted by molar-refractivity contribution is 0.786. The summed E-state index contributed by atoms with van der Waals surface area (Å²) in [4.78, 5) is 0. The Hall–Kier alpha value is -0.490. The molecule has 1 aromatic heterocycles. The van der Waals surface area contributed by atoms with Crippen molar-refractivity contribution in [3.63, 3.8) is 0 Å². The van der Waals surface area contributed by atoms with Crippen molar-refractivity contribution in [3.05, 3.63) is 32.7 Å². The summed E-state index contributed by atoms with van der Waals surface area (Å²) < 4.78 is 0.948. The minimum absolute atomic E-state index is 0.0933. The van der Waals surface area contributed by atoms with Gasteiger partial charge in [-0.25, -0.2) is 0 Å². The van der Waals surface area contributed by atoms with Gasteiger partial charge in [0.05, 0.1) is 6.04 Å². The van der Waals surface area contributed by atoms with Crippen LogP contribution in [0.2, 0.25) is 5.02 Å². The van der Waals surface area contributed by atoms with Crippen LogP contribution in [0.5, 0.6) is 0 Å². The van der Waals surface area contributed by atoms with E-state index in [1.807, 2.05) is 25.1 Å². The first kappa shape index (κ1) is 12.0. The quantitative estimate of drug-likeness (QED) is 0.919. The first-order valence-electron chi connectivity index (χ1n) is 4.62. The summed E-state index contributed by atoms with van der Waals surface area (Å²) in [6.45, 7) is 1.89. The van der Waals surface area contributed by atoms with Crippen molar-refractivity contribution in [2.24, 2.45) is 5.73 Å². The molecule has 0 aliphatic carbocycles. The lowest BCUT2D eigenvalue weighted by Gasteiger charge is -2.00. The van der Waals surface area contributed by atoms with Gasteiger partial charge in [0.1, 0.15) is 10.0 Å². The van der Waals surface area contributed by atoms with E-state index in [2.05, 4.69) is 26.1 Å². The van der Waals surface area contributed by atoms with Crippen LogP contribution in [-0.4, -0.2) is 10.2 Å². The largest absolute Gasteiger partial charge is 0.322 e. The van der Waals surface area contributed by atoms with E-state index >= 15 is 0 Å². The molecule has 0 saturated carbocycles. The molecular weight excluding hydrogens is 310 g/mol. The molecule has 1 atom stereocenters. The van der Waals surface area contributed by atoms with Crippen LogP contribution in [0.4, 0.5) is 0 Å². The SMILES string of the molecule is CC(N)c1nnc(-c2cc(Cl)ccc2Br)s1. The highest BCUT2D eigenvalue weighted by Gasteiger charge is 2.12. The number of hydrogen-bond donors (Lipinski definition) is 1. The molecule has 0 bridgehead atoms. The Kier molecular flexibility index (Phi) is 3.59. The molecule has 0 radical (unpaired) electrons. The number of nitrogens with zero attached hydrogens (tertiary/aromatic N) is 2.